The summed E-state index contributed by atoms with van der Waals surface area (Å²) in [5.74, 6) is 0.250. The molecule has 1 amide bonds. The van der Waals surface area contributed by atoms with Gasteiger partial charge in [0.1, 0.15) is 5.75 Å². The largest absolute Gasteiger partial charge is 0.482 e. The van der Waals surface area contributed by atoms with E-state index in [2.05, 4.69) is 26.3 Å². The van der Waals surface area contributed by atoms with Crippen molar-refractivity contribution >= 4 is 33.4 Å². The van der Waals surface area contributed by atoms with Gasteiger partial charge in [-0.15, -0.1) is 0 Å². The molecule has 1 N–H and O–H groups in total. The van der Waals surface area contributed by atoms with Crippen molar-refractivity contribution in [2.75, 3.05) is 6.61 Å². The van der Waals surface area contributed by atoms with Gasteiger partial charge in [-0.2, -0.15) is 5.10 Å². The van der Waals surface area contributed by atoms with E-state index in [-0.39, 0.29) is 12.5 Å². The molecular weight excluding hydrogens is 430 g/mol. The number of carbonyl (C=O) groups is 1. The zero-order chi connectivity index (χ0) is 19.4. The van der Waals surface area contributed by atoms with Crippen LogP contribution in [0.4, 0.5) is 0 Å². The number of halogens is 2. The highest BCUT2D eigenvalue weighted by Crippen LogP contribution is 2.27. The van der Waals surface area contributed by atoms with E-state index in [1.807, 2.05) is 54.9 Å². The van der Waals surface area contributed by atoms with Crippen molar-refractivity contribution in [2.45, 2.75) is 20.4 Å². The molecule has 0 aliphatic rings. The number of para-hydroxylation sites is 1. The quantitative estimate of drug-likeness (QED) is 0.599. The summed E-state index contributed by atoms with van der Waals surface area (Å²) in [5, 5.41) is 7.91. The molecule has 0 spiro atoms. The average molecular weight is 449 g/mol. The molecular formula is C20H19BrClN3O2. The predicted molar refractivity (Wildman–Crippen MR) is 110 cm³/mol. The van der Waals surface area contributed by atoms with E-state index in [0.717, 1.165) is 27.1 Å². The predicted octanol–water partition coefficient (Wildman–Crippen LogP) is 4.60. The molecule has 0 saturated carbocycles. The Morgan fingerprint density at radius 1 is 1.22 bits per heavy atom. The van der Waals surface area contributed by atoms with Crippen molar-refractivity contribution in [3.8, 4) is 11.4 Å². The maximum absolute atomic E-state index is 12.2. The Bertz CT molecular complexity index is 957. The number of ether oxygens (including phenoxy) is 1. The Kier molecular flexibility index (Phi) is 6.19. The van der Waals surface area contributed by atoms with E-state index in [1.54, 1.807) is 12.1 Å². The van der Waals surface area contributed by atoms with E-state index in [0.29, 0.717) is 17.3 Å². The van der Waals surface area contributed by atoms with Gasteiger partial charge >= 0.3 is 0 Å². The van der Waals surface area contributed by atoms with E-state index in [9.17, 15) is 4.79 Å². The summed E-state index contributed by atoms with van der Waals surface area (Å²) in [7, 11) is 0. The molecule has 2 aromatic carbocycles. The molecule has 0 aliphatic heterocycles. The van der Waals surface area contributed by atoms with Crippen LogP contribution < -0.4 is 10.1 Å². The second-order valence-electron chi connectivity index (χ2n) is 6.04. The molecule has 0 saturated heterocycles. The Hall–Kier alpha value is -2.31. The van der Waals surface area contributed by atoms with Gasteiger partial charge in [-0.25, -0.2) is 4.68 Å². The van der Waals surface area contributed by atoms with Crippen molar-refractivity contribution in [3.63, 3.8) is 0 Å². The van der Waals surface area contributed by atoms with Crippen molar-refractivity contribution in [3.05, 3.63) is 75.0 Å². The minimum Gasteiger partial charge on any atom is -0.482 e. The number of hydrogen-bond acceptors (Lipinski definition) is 3. The lowest BCUT2D eigenvalue weighted by atomic mass is 10.2. The van der Waals surface area contributed by atoms with Crippen LogP contribution in [0.15, 0.2) is 53.0 Å². The SMILES string of the molecule is Cc1nn(-c2ccccc2)c(C)c1CNC(=O)COc1ccc(Br)cc1Cl. The molecule has 7 heteroatoms. The average Bonchev–Trinajstić information content (AvgIpc) is 2.94. The summed E-state index contributed by atoms with van der Waals surface area (Å²) in [6.45, 7) is 4.21. The van der Waals surface area contributed by atoms with Gasteiger partial charge in [0.05, 0.1) is 16.4 Å². The first-order valence-corrected chi connectivity index (χ1v) is 9.58. The lowest BCUT2D eigenvalue weighted by molar-refractivity contribution is -0.123. The Morgan fingerprint density at radius 2 is 1.96 bits per heavy atom. The van der Waals surface area contributed by atoms with Gasteiger partial charge in [0.25, 0.3) is 5.91 Å². The lowest BCUT2D eigenvalue weighted by Gasteiger charge is -2.09. The number of nitrogens with one attached hydrogen (secondary N) is 1. The molecule has 5 nitrogen and oxygen atoms in total. The third kappa shape index (κ3) is 4.70. The normalized spacial score (nSPS) is 10.7. The highest BCUT2D eigenvalue weighted by atomic mass is 79.9. The van der Waals surface area contributed by atoms with Crippen LogP contribution >= 0.6 is 27.5 Å². The smallest absolute Gasteiger partial charge is 0.258 e. The minimum atomic E-state index is -0.222. The van der Waals surface area contributed by atoms with Gasteiger partial charge < -0.3 is 10.1 Å². The fourth-order valence-electron chi connectivity index (χ4n) is 2.72. The molecule has 27 heavy (non-hydrogen) atoms. The number of amides is 1. The first-order valence-electron chi connectivity index (χ1n) is 8.41. The van der Waals surface area contributed by atoms with Crippen LogP contribution in [0.1, 0.15) is 17.0 Å². The fourth-order valence-corrected chi connectivity index (χ4v) is 3.45. The summed E-state index contributed by atoms with van der Waals surface area (Å²) < 4.78 is 8.23. The van der Waals surface area contributed by atoms with E-state index in [1.165, 1.54) is 0 Å². The molecule has 140 valence electrons. The number of benzene rings is 2. The maximum atomic E-state index is 12.2. The summed E-state index contributed by atoms with van der Waals surface area (Å²) >= 11 is 9.42. The Balaban J connectivity index is 1.61. The van der Waals surface area contributed by atoms with Crippen LogP contribution in [0.25, 0.3) is 5.69 Å². The summed E-state index contributed by atoms with van der Waals surface area (Å²) in [6, 6.07) is 15.2. The van der Waals surface area contributed by atoms with Gasteiger partial charge in [0.2, 0.25) is 0 Å². The van der Waals surface area contributed by atoms with Crippen LogP contribution in [0, 0.1) is 13.8 Å². The zero-order valence-electron chi connectivity index (χ0n) is 15.0. The van der Waals surface area contributed by atoms with Crippen molar-refractivity contribution < 1.29 is 9.53 Å². The second kappa shape index (κ2) is 8.59. The highest BCUT2D eigenvalue weighted by Gasteiger charge is 2.14. The molecule has 3 aromatic rings. The Labute approximate surface area is 171 Å². The monoisotopic (exact) mass is 447 g/mol. The third-order valence-corrected chi connectivity index (χ3v) is 4.95. The van der Waals surface area contributed by atoms with Crippen LogP contribution in [-0.4, -0.2) is 22.3 Å². The van der Waals surface area contributed by atoms with Gasteiger partial charge in [-0.1, -0.05) is 45.7 Å². The molecule has 3 rings (SSSR count). The number of nitrogens with zero attached hydrogens (tertiary/aromatic N) is 2. The zero-order valence-corrected chi connectivity index (χ0v) is 17.3. The van der Waals surface area contributed by atoms with Crippen molar-refractivity contribution in [1.29, 1.82) is 0 Å². The fraction of sp³-hybridized carbons (Fsp3) is 0.200. The first-order chi connectivity index (χ1) is 13.0. The van der Waals surface area contributed by atoms with Gasteiger partial charge in [0.15, 0.2) is 6.61 Å². The lowest BCUT2D eigenvalue weighted by Crippen LogP contribution is -2.28. The van der Waals surface area contributed by atoms with E-state index >= 15 is 0 Å². The van der Waals surface area contributed by atoms with Crippen molar-refractivity contribution in [1.82, 2.24) is 15.1 Å². The second-order valence-corrected chi connectivity index (χ2v) is 7.36. The molecule has 0 unspecified atom stereocenters. The number of carbonyl (C=O) groups excluding carboxylic acids is 1. The molecule has 0 aliphatic carbocycles. The maximum Gasteiger partial charge on any atom is 0.258 e. The summed E-state index contributed by atoms with van der Waals surface area (Å²) in [6.07, 6.45) is 0. The topological polar surface area (TPSA) is 56.2 Å². The van der Waals surface area contributed by atoms with Gasteiger partial charge in [-0.05, 0) is 44.2 Å². The summed E-state index contributed by atoms with van der Waals surface area (Å²) in [5.41, 5.74) is 3.86. The van der Waals surface area contributed by atoms with Crippen LogP contribution in [-0.2, 0) is 11.3 Å². The highest BCUT2D eigenvalue weighted by molar-refractivity contribution is 9.10. The molecule has 0 bridgehead atoms. The minimum absolute atomic E-state index is 0.105. The third-order valence-electron chi connectivity index (χ3n) is 4.16. The van der Waals surface area contributed by atoms with Gasteiger partial charge in [0, 0.05) is 22.3 Å². The van der Waals surface area contributed by atoms with Crippen LogP contribution in [0.5, 0.6) is 5.75 Å². The molecule has 1 aromatic heterocycles. The Morgan fingerprint density at radius 3 is 2.67 bits per heavy atom. The van der Waals surface area contributed by atoms with E-state index < -0.39 is 0 Å². The number of hydrogen-bond donors (Lipinski definition) is 1. The number of rotatable bonds is 6. The van der Waals surface area contributed by atoms with E-state index in [4.69, 9.17) is 16.3 Å². The molecule has 0 atom stereocenters. The van der Waals surface area contributed by atoms with Gasteiger partial charge in [-0.3, -0.25) is 4.79 Å². The van der Waals surface area contributed by atoms with Crippen molar-refractivity contribution in [2.24, 2.45) is 0 Å². The van der Waals surface area contributed by atoms with Crippen LogP contribution in [0.3, 0.4) is 0 Å². The van der Waals surface area contributed by atoms with Crippen LogP contribution in [0.2, 0.25) is 5.02 Å². The standard InChI is InChI=1S/C20H19BrClN3O2/c1-13-17(14(2)25(24-13)16-6-4-3-5-7-16)11-23-20(26)12-27-19-9-8-15(21)10-18(19)22/h3-10H,11-12H2,1-2H3,(H,23,26). The molecule has 1 heterocycles. The number of aryl methyl sites for hydroxylation is 1. The molecule has 0 fully saturated rings. The summed E-state index contributed by atoms with van der Waals surface area (Å²) in [4.78, 5) is 12.2. The molecule has 0 radical (unpaired) electrons. The first kappa shape index (κ1) is 19.5. The number of aromatic nitrogens is 2.